The summed E-state index contributed by atoms with van der Waals surface area (Å²) in [5.74, 6) is -3.64. The number of carboxylic acids is 2. The van der Waals surface area contributed by atoms with E-state index in [2.05, 4.69) is 5.10 Å². The van der Waals surface area contributed by atoms with Crippen LogP contribution in [0.2, 0.25) is 5.02 Å². The number of aromatic carboxylic acids is 1. The van der Waals surface area contributed by atoms with Gasteiger partial charge in [-0.25, -0.2) is 13.6 Å². The summed E-state index contributed by atoms with van der Waals surface area (Å²) in [6, 6.07) is 7.30. The van der Waals surface area contributed by atoms with Gasteiger partial charge in [-0.2, -0.15) is 5.10 Å². The van der Waals surface area contributed by atoms with Gasteiger partial charge in [-0.1, -0.05) is 29.4 Å². The monoisotopic (exact) mass is 531 g/mol. The fraction of sp³-hybridized carbons (Fsp3) is 0.240. The van der Waals surface area contributed by atoms with E-state index in [1.165, 1.54) is 24.3 Å². The molecule has 2 heterocycles. The van der Waals surface area contributed by atoms with Crippen LogP contribution in [0.3, 0.4) is 0 Å². The number of rotatable bonds is 9. The van der Waals surface area contributed by atoms with Crippen LogP contribution >= 0.6 is 23.4 Å². The minimum atomic E-state index is -1.37. The van der Waals surface area contributed by atoms with Crippen LogP contribution in [0.1, 0.15) is 47.7 Å². The van der Waals surface area contributed by atoms with Crippen molar-refractivity contribution in [3.05, 3.63) is 70.6 Å². The van der Waals surface area contributed by atoms with Crippen molar-refractivity contribution in [2.24, 2.45) is 0 Å². The van der Waals surface area contributed by atoms with Crippen LogP contribution < -0.4 is 0 Å². The lowest BCUT2D eigenvalue weighted by Gasteiger charge is -2.11. The first kappa shape index (κ1) is 24.3. The van der Waals surface area contributed by atoms with Gasteiger partial charge in [0.1, 0.15) is 0 Å². The summed E-state index contributed by atoms with van der Waals surface area (Å²) in [7, 11) is 0. The van der Waals surface area contributed by atoms with Crippen molar-refractivity contribution in [1.29, 1.82) is 0 Å². The summed E-state index contributed by atoms with van der Waals surface area (Å²) in [6.45, 7) is 0.377. The normalized spacial score (nSPS) is 13.4. The maximum Gasteiger partial charge on any atom is 0.338 e. The van der Waals surface area contributed by atoms with Gasteiger partial charge in [0.25, 0.3) is 0 Å². The Kier molecular flexibility index (Phi) is 6.48. The van der Waals surface area contributed by atoms with E-state index in [-0.39, 0.29) is 27.8 Å². The zero-order valence-corrected chi connectivity index (χ0v) is 20.3. The van der Waals surface area contributed by atoms with Gasteiger partial charge >= 0.3 is 11.9 Å². The number of hydrogen-bond acceptors (Lipinski definition) is 4. The van der Waals surface area contributed by atoms with Crippen LogP contribution in [0.5, 0.6) is 0 Å². The Balaban J connectivity index is 1.67. The first-order valence-electron chi connectivity index (χ1n) is 11.2. The summed E-state index contributed by atoms with van der Waals surface area (Å²) in [4.78, 5) is 23.0. The van der Waals surface area contributed by atoms with Crippen LogP contribution in [0.25, 0.3) is 16.6 Å². The third-order valence-corrected chi connectivity index (χ3v) is 7.50. The molecule has 2 aromatic carbocycles. The Morgan fingerprint density at radius 1 is 1.14 bits per heavy atom. The van der Waals surface area contributed by atoms with Crippen LogP contribution in [0.15, 0.2) is 52.5 Å². The second-order valence-corrected chi connectivity index (χ2v) is 10.0. The first-order valence-corrected chi connectivity index (χ1v) is 12.4. The number of benzene rings is 2. The van der Waals surface area contributed by atoms with Gasteiger partial charge in [0.05, 0.1) is 28.0 Å². The molecule has 1 saturated carbocycles. The molecule has 0 radical (unpaired) electrons. The lowest BCUT2D eigenvalue weighted by atomic mass is 10.2. The van der Waals surface area contributed by atoms with Gasteiger partial charge in [-0.15, -0.1) is 0 Å². The molecule has 0 bridgehead atoms. The quantitative estimate of drug-likeness (QED) is 0.261. The maximum absolute atomic E-state index is 15.5. The van der Waals surface area contributed by atoms with E-state index >= 15 is 8.78 Å². The number of halogens is 3. The van der Waals surface area contributed by atoms with Gasteiger partial charge in [0, 0.05) is 46.0 Å². The molecule has 4 aromatic rings. The largest absolute Gasteiger partial charge is 0.481 e. The first-order chi connectivity index (χ1) is 17.3. The third kappa shape index (κ3) is 4.46. The second-order valence-electron chi connectivity index (χ2n) is 8.57. The lowest BCUT2D eigenvalue weighted by Crippen LogP contribution is -2.03. The molecule has 1 fully saturated rings. The van der Waals surface area contributed by atoms with Gasteiger partial charge in [-0.3, -0.25) is 9.48 Å². The maximum atomic E-state index is 15.5. The smallest absolute Gasteiger partial charge is 0.338 e. The van der Waals surface area contributed by atoms with Crippen LogP contribution in [0, 0.1) is 11.6 Å². The summed E-state index contributed by atoms with van der Waals surface area (Å²) in [5, 5.41) is 23.0. The molecule has 11 heteroatoms. The van der Waals surface area contributed by atoms with E-state index < -0.39 is 29.1 Å². The highest BCUT2D eigenvalue weighted by molar-refractivity contribution is 7.99. The summed E-state index contributed by atoms with van der Waals surface area (Å²) in [5.41, 5.74) is 1.15. The van der Waals surface area contributed by atoms with Crippen molar-refractivity contribution in [2.75, 3.05) is 0 Å². The molecule has 7 nitrogen and oxygen atoms in total. The summed E-state index contributed by atoms with van der Waals surface area (Å²) < 4.78 is 33.9. The Hall–Kier alpha value is -3.37. The predicted molar refractivity (Wildman–Crippen MR) is 130 cm³/mol. The van der Waals surface area contributed by atoms with E-state index in [1.54, 1.807) is 27.7 Å². The fourth-order valence-electron chi connectivity index (χ4n) is 4.25. The number of fused-ring (bicyclic) bond motifs is 1. The van der Waals surface area contributed by atoms with Crippen molar-refractivity contribution in [3.63, 3.8) is 0 Å². The Morgan fingerprint density at radius 2 is 1.92 bits per heavy atom. The molecule has 2 aromatic heterocycles. The van der Waals surface area contributed by atoms with E-state index in [1.807, 2.05) is 0 Å². The molecule has 36 heavy (non-hydrogen) atoms. The Morgan fingerprint density at radius 3 is 2.61 bits per heavy atom. The zero-order chi connectivity index (χ0) is 25.6. The van der Waals surface area contributed by atoms with Gasteiger partial charge in [-0.05, 0) is 43.5 Å². The molecule has 1 aliphatic carbocycles. The van der Waals surface area contributed by atoms with E-state index in [4.69, 9.17) is 16.7 Å². The number of carboxylic acid groups (broad SMARTS) is 2. The standard InChI is InChI=1S/C25H20ClF2N3O4S/c26-17-9-8-16-23(21(17)28)31(14-11-29-30(12-14)10-2-5-19(32)33)22(13-6-7-13)24(16)36-18-4-1-3-15(20(18)27)25(34)35/h1,3-4,8-9,11-13H,2,5-7,10H2,(H,32,33)(H,34,35). The van der Waals surface area contributed by atoms with E-state index in [0.29, 0.717) is 28.9 Å². The molecule has 0 aliphatic heterocycles. The average molecular weight is 532 g/mol. The van der Waals surface area contributed by atoms with Crippen molar-refractivity contribution in [3.8, 4) is 5.69 Å². The van der Waals surface area contributed by atoms with Crippen LogP contribution in [-0.4, -0.2) is 36.5 Å². The van der Waals surface area contributed by atoms with Crippen molar-refractivity contribution >= 4 is 46.2 Å². The highest BCUT2D eigenvalue weighted by Crippen LogP contribution is 2.51. The number of hydrogen-bond donors (Lipinski definition) is 2. The zero-order valence-electron chi connectivity index (χ0n) is 18.7. The molecule has 0 spiro atoms. The number of aromatic nitrogens is 3. The molecular formula is C25H20ClF2N3O4S. The topological polar surface area (TPSA) is 97.3 Å². The second kappa shape index (κ2) is 9.59. The summed E-state index contributed by atoms with van der Waals surface area (Å²) in [6.07, 6.45) is 5.41. The average Bonchev–Trinajstić information content (AvgIpc) is 3.47. The number of carbonyl (C=O) groups is 2. The summed E-state index contributed by atoms with van der Waals surface area (Å²) >= 11 is 7.21. The molecule has 0 amide bonds. The molecule has 2 N–H and O–H groups in total. The molecular weight excluding hydrogens is 512 g/mol. The number of aryl methyl sites for hydroxylation is 1. The highest BCUT2D eigenvalue weighted by atomic mass is 35.5. The minimum Gasteiger partial charge on any atom is -0.481 e. The van der Waals surface area contributed by atoms with Gasteiger partial charge in [0.15, 0.2) is 11.6 Å². The molecule has 0 saturated heterocycles. The van der Waals surface area contributed by atoms with Crippen LogP contribution in [0.4, 0.5) is 8.78 Å². The highest BCUT2D eigenvalue weighted by Gasteiger charge is 2.35. The number of nitrogens with zero attached hydrogens (tertiary/aromatic N) is 3. The van der Waals surface area contributed by atoms with E-state index in [9.17, 15) is 14.7 Å². The van der Waals surface area contributed by atoms with Crippen molar-refractivity contribution < 1.29 is 28.6 Å². The molecule has 1 aliphatic rings. The fourth-order valence-corrected chi connectivity index (χ4v) is 5.61. The van der Waals surface area contributed by atoms with Crippen LogP contribution in [-0.2, 0) is 11.3 Å². The third-order valence-electron chi connectivity index (χ3n) is 6.04. The molecule has 0 unspecified atom stereocenters. The van der Waals surface area contributed by atoms with Crippen molar-refractivity contribution in [1.82, 2.24) is 14.3 Å². The van der Waals surface area contributed by atoms with E-state index in [0.717, 1.165) is 30.3 Å². The Labute approximate surface area is 213 Å². The SMILES string of the molecule is O=C(O)CCCn1cc(-n2c(C3CC3)c(Sc3cccc(C(=O)O)c3F)c3ccc(Cl)c(F)c32)cn1. The molecule has 5 rings (SSSR count). The van der Waals surface area contributed by atoms with Crippen molar-refractivity contribution in [2.45, 2.75) is 47.9 Å². The number of aliphatic carboxylic acids is 1. The predicted octanol–water partition coefficient (Wildman–Crippen LogP) is 6.35. The molecule has 186 valence electrons. The van der Waals surface area contributed by atoms with Gasteiger partial charge < -0.3 is 14.8 Å². The lowest BCUT2D eigenvalue weighted by molar-refractivity contribution is -0.137. The Bertz CT molecular complexity index is 1510. The van der Waals surface area contributed by atoms with Gasteiger partial charge in [0.2, 0.25) is 0 Å². The molecule has 0 atom stereocenters. The minimum absolute atomic E-state index is 0.000955.